The molecule has 0 atom stereocenters. The highest BCUT2D eigenvalue weighted by atomic mass is 19.4. The van der Waals surface area contributed by atoms with Gasteiger partial charge in [-0.25, -0.2) is 4.39 Å². The second kappa shape index (κ2) is 6.29. The van der Waals surface area contributed by atoms with E-state index >= 15 is 0 Å². The zero-order chi connectivity index (χ0) is 16.3. The lowest BCUT2D eigenvalue weighted by atomic mass is 9.49. The summed E-state index contributed by atoms with van der Waals surface area (Å²) in [5.74, 6) is -0.496. The molecule has 7 heteroatoms. The van der Waals surface area contributed by atoms with Gasteiger partial charge in [-0.2, -0.15) is 0 Å². The van der Waals surface area contributed by atoms with E-state index in [2.05, 4.69) is 4.74 Å². The number of benzene rings is 2. The van der Waals surface area contributed by atoms with Crippen LogP contribution in [0.1, 0.15) is 0 Å². The number of hydrogen-bond acceptors (Lipinski definition) is 2. The summed E-state index contributed by atoms with van der Waals surface area (Å²) in [6.07, 6.45) is -4.77. The summed E-state index contributed by atoms with van der Waals surface area (Å²) in [5.41, 5.74) is 0.543. The molecule has 116 valence electrons. The molecule has 0 aliphatic carbocycles. The zero-order valence-corrected chi connectivity index (χ0v) is 11.9. The lowest BCUT2D eigenvalue weighted by Crippen LogP contribution is -2.25. The predicted molar refractivity (Wildman–Crippen MR) is 76.7 cm³/mol. The van der Waals surface area contributed by atoms with E-state index in [0.717, 1.165) is 12.1 Å². The Morgan fingerprint density at radius 1 is 0.909 bits per heavy atom. The van der Waals surface area contributed by atoms with E-state index in [-0.39, 0.29) is 18.2 Å². The van der Waals surface area contributed by atoms with Gasteiger partial charge in [-0.05, 0) is 23.7 Å². The number of rotatable bonds is 4. The molecule has 0 aliphatic heterocycles. The van der Waals surface area contributed by atoms with Crippen LogP contribution in [-0.2, 0) is 0 Å². The molecular formula is C15H13BF4O2. The third-order valence-corrected chi connectivity index (χ3v) is 2.87. The fraction of sp³-hybridized carbons (Fsp3) is 0.200. The summed E-state index contributed by atoms with van der Waals surface area (Å²) in [4.78, 5) is 0. The third kappa shape index (κ3) is 4.41. The first-order chi connectivity index (χ1) is 10.2. The second-order valence-corrected chi connectivity index (χ2v) is 4.96. The molecule has 2 nitrogen and oxygen atoms in total. The fourth-order valence-corrected chi connectivity index (χ4v) is 1.91. The zero-order valence-electron chi connectivity index (χ0n) is 11.9. The molecule has 2 aromatic carbocycles. The highest BCUT2D eigenvalue weighted by Gasteiger charge is 2.31. The Bertz CT molecular complexity index is 656. The van der Waals surface area contributed by atoms with Gasteiger partial charge in [-0.3, -0.25) is 0 Å². The number of ether oxygens (including phenoxy) is 2. The molecule has 0 unspecified atom stereocenters. The van der Waals surface area contributed by atoms with Crippen LogP contribution in [0.3, 0.4) is 0 Å². The third-order valence-electron chi connectivity index (χ3n) is 2.87. The van der Waals surface area contributed by atoms with Crippen LogP contribution in [-0.4, -0.2) is 13.1 Å². The smallest absolute Gasteiger partial charge is 0.457 e. The molecule has 0 aromatic heterocycles. The maximum atomic E-state index is 13.9. The van der Waals surface area contributed by atoms with Gasteiger partial charge in [0.15, 0.2) is 6.71 Å². The van der Waals surface area contributed by atoms with Crippen molar-refractivity contribution in [3.05, 3.63) is 48.3 Å². The van der Waals surface area contributed by atoms with Gasteiger partial charge in [0.25, 0.3) is 0 Å². The highest BCUT2D eigenvalue weighted by molar-refractivity contribution is 6.70. The van der Waals surface area contributed by atoms with Crippen LogP contribution in [0, 0.1) is 5.82 Å². The summed E-state index contributed by atoms with van der Waals surface area (Å²) in [6, 6.07) is 9.41. The van der Waals surface area contributed by atoms with Crippen LogP contribution < -0.4 is 14.9 Å². The van der Waals surface area contributed by atoms with Gasteiger partial charge in [0.05, 0.1) is 0 Å². The highest BCUT2D eigenvalue weighted by Crippen LogP contribution is 2.28. The van der Waals surface area contributed by atoms with Crippen molar-refractivity contribution < 1.29 is 27.0 Å². The summed E-state index contributed by atoms with van der Waals surface area (Å²) in [7, 11) is 0. The van der Waals surface area contributed by atoms with Gasteiger partial charge in [0.2, 0.25) is 0 Å². The number of halogens is 4. The lowest BCUT2D eigenvalue weighted by Gasteiger charge is -2.11. The van der Waals surface area contributed by atoms with Gasteiger partial charge < -0.3 is 9.47 Å². The van der Waals surface area contributed by atoms with Crippen LogP contribution >= 0.6 is 0 Å². The summed E-state index contributed by atoms with van der Waals surface area (Å²) < 4.78 is 59.5. The van der Waals surface area contributed by atoms with Crippen LogP contribution in [0.15, 0.2) is 42.5 Å². The van der Waals surface area contributed by atoms with Gasteiger partial charge in [-0.1, -0.05) is 25.8 Å². The van der Waals surface area contributed by atoms with E-state index in [4.69, 9.17) is 4.74 Å². The molecule has 0 fully saturated rings. The Kier molecular flexibility index (Phi) is 4.64. The Hall–Kier alpha value is -2.18. The monoisotopic (exact) mass is 312 g/mol. The summed E-state index contributed by atoms with van der Waals surface area (Å²) in [6.45, 7) is 3.74. The Morgan fingerprint density at radius 3 is 2.14 bits per heavy atom. The Morgan fingerprint density at radius 2 is 1.55 bits per heavy atom. The lowest BCUT2D eigenvalue weighted by molar-refractivity contribution is -0.274. The SMILES string of the molecule is CB(C)c1ccc(Oc2cccc(OC(F)(F)F)c2)cc1F. The molecule has 0 radical (unpaired) electrons. The molecular weight excluding hydrogens is 299 g/mol. The molecule has 22 heavy (non-hydrogen) atoms. The molecule has 0 N–H and O–H groups in total. The van der Waals surface area contributed by atoms with Crippen LogP contribution in [0.4, 0.5) is 17.6 Å². The Balaban J connectivity index is 2.17. The van der Waals surface area contributed by atoms with Crippen molar-refractivity contribution in [2.24, 2.45) is 0 Å². The van der Waals surface area contributed by atoms with Crippen molar-refractivity contribution in [1.82, 2.24) is 0 Å². The second-order valence-electron chi connectivity index (χ2n) is 4.96. The van der Waals surface area contributed by atoms with Gasteiger partial charge in [0.1, 0.15) is 23.1 Å². The van der Waals surface area contributed by atoms with Crippen molar-refractivity contribution in [2.75, 3.05) is 0 Å². The molecule has 2 rings (SSSR count). The Labute approximate surface area is 125 Å². The average Bonchev–Trinajstić information content (AvgIpc) is 2.36. The number of alkyl halides is 3. The molecule has 0 saturated carbocycles. The predicted octanol–water partition coefficient (Wildman–Crippen LogP) is 4.48. The maximum Gasteiger partial charge on any atom is 0.573 e. The van der Waals surface area contributed by atoms with E-state index in [1.54, 1.807) is 12.1 Å². The molecule has 0 amide bonds. The van der Waals surface area contributed by atoms with E-state index in [9.17, 15) is 17.6 Å². The minimum absolute atomic E-state index is 0.0255. The van der Waals surface area contributed by atoms with E-state index in [1.165, 1.54) is 18.2 Å². The standard InChI is InChI=1S/C15H13BF4O2/c1-16(2)13-7-6-11(9-14(13)17)21-10-4-3-5-12(8-10)22-15(18,19)20/h3-9H,1-2H3. The quantitative estimate of drug-likeness (QED) is 0.612. The van der Waals surface area contributed by atoms with E-state index in [0.29, 0.717) is 5.46 Å². The van der Waals surface area contributed by atoms with Crippen molar-refractivity contribution in [1.29, 1.82) is 0 Å². The van der Waals surface area contributed by atoms with Crippen molar-refractivity contribution in [3.63, 3.8) is 0 Å². The van der Waals surface area contributed by atoms with Crippen molar-refractivity contribution >= 4 is 12.2 Å². The van der Waals surface area contributed by atoms with E-state index in [1.807, 2.05) is 13.6 Å². The first kappa shape index (κ1) is 16.2. The molecule has 0 saturated heterocycles. The first-order valence-corrected chi connectivity index (χ1v) is 6.58. The van der Waals surface area contributed by atoms with Gasteiger partial charge in [-0.15, -0.1) is 13.2 Å². The van der Waals surface area contributed by atoms with E-state index < -0.39 is 17.9 Å². The molecule has 0 aliphatic rings. The van der Waals surface area contributed by atoms with Crippen LogP contribution in [0.2, 0.25) is 13.6 Å². The fourth-order valence-electron chi connectivity index (χ4n) is 1.91. The minimum atomic E-state index is -4.77. The molecule has 0 spiro atoms. The summed E-state index contributed by atoms with van der Waals surface area (Å²) in [5, 5.41) is 0. The maximum absolute atomic E-state index is 13.9. The minimum Gasteiger partial charge on any atom is -0.457 e. The number of hydrogen-bond donors (Lipinski definition) is 0. The first-order valence-electron chi connectivity index (χ1n) is 6.58. The van der Waals surface area contributed by atoms with Crippen molar-refractivity contribution in [2.45, 2.75) is 20.0 Å². The van der Waals surface area contributed by atoms with Crippen molar-refractivity contribution in [3.8, 4) is 17.2 Å². The normalized spacial score (nSPS) is 11.2. The van der Waals surface area contributed by atoms with Crippen LogP contribution in [0.25, 0.3) is 0 Å². The van der Waals surface area contributed by atoms with Gasteiger partial charge in [0, 0.05) is 12.1 Å². The topological polar surface area (TPSA) is 18.5 Å². The molecule has 0 heterocycles. The summed E-state index contributed by atoms with van der Waals surface area (Å²) >= 11 is 0. The van der Waals surface area contributed by atoms with Gasteiger partial charge >= 0.3 is 6.36 Å². The average molecular weight is 312 g/mol. The largest absolute Gasteiger partial charge is 0.573 e. The molecule has 0 bridgehead atoms. The van der Waals surface area contributed by atoms with Crippen LogP contribution in [0.5, 0.6) is 17.2 Å². The molecule has 2 aromatic rings.